The summed E-state index contributed by atoms with van der Waals surface area (Å²) in [4.78, 5) is 14.4. The van der Waals surface area contributed by atoms with Crippen LogP contribution in [-0.4, -0.2) is 68.0 Å². The molecule has 2 N–H and O–H groups in total. The molecule has 9 heteroatoms. The van der Waals surface area contributed by atoms with E-state index in [4.69, 9.17) is 9.94 Å². The molecule has 2 fully saturated rings. The Kier molecular flexibility index (Phi) is 6.62. The van der Waals surface area contributed by atoms with Crippen molar-refractivity contribution in [1.82, 2.24) is 9.79 Å². The number of hydrogen-bond donors (Lipinski definition) is 2. The average molecular weight is 385 g/mol. The number of hydroxylamine groups is 1. The predicted molar refractivity (Wildman–Crippen MR) is 98.6 cm³/mol. The minimum Gasteiger partial charge on any atom is -0.381 e. The number of ether oxygens (including phenoxy) is 1. The van der Waals surface area contributed by atoms with Crippen LogP contribution in [0.3, 0.4) is 0 Å². The standard InChI is InChI=1S/C16H23N3O5S.CH4/c20-15(17-21)16(6-12-24-13-7-16)25(22,23)19-10-8-18(9-11-19)14-4-2-1-3-5-14;/h1-5,21H,6-13H2,(H,17,20);1H4. The number of nitrogens with zero attached hydrogens (tertiary/aromatic N) is 2. The van der Waals surface area contributed by atoms with Gasteiger partial charge in [0.05, 0.1) is 0 Å². The lowest BCUT2D eigenvalue weighted by Gasteiger charge is -2.41. The highest BCUT2D eigenvalue weighted by atomic mass is 32.2. The van der Waals surface area contributed by atoms with Crippen molar-refractivity contribution in [2.45, 2.75) is 25.0 Å². The minimum atomic E-state index is -3.91. The number of rotatable bonds is 4. The molecule has 0 saturated carbocycles. The Labute approximate surface area is 154 Å². The molecule has 1 amide bonds. The van der Waals surface area contributed by atoms with E-state index >= 15 is 0 Å². The van der Waals surface area contributed by atoms with Gasteiger partial charge in [-0.1, -0.05) is 25.6 Å². The maximum Gasteiger partial charge on any atom is 0.266 e. The topological polar surface area (TPSA) is 99.2 Å². The first-order valence-electron chi connectivity index (χ1n) is 8.33. The highest BCUT2D eigenvalue weighted by Crippen LogP contribution is 2.33. The molecule has 3 rings (SSSR count). The Balaban J connectivity index is 0.00000243. The zero-order valence-electron chi connectivity index (χ0n) is 13.9. The van der Waals surface area contributed by atoms with Gasteiger partial charge in [-0.15, -0.1) is 0 Å². The number of nitrogens with one attached hydrogen (secondary N) is 1. The van der Waals surface area contributed by atoms with E-state index < -0.39 is 20.7 Å². The van der Waals surface area contributed by atoms with Crippen molar-refractivity contribution in [3.8, 4) is 0 Å². The number of anilines is 1. The summed E-state index contributed by atoms with van der Waals surface area (Å²) in [7, 11) is -3.91. The van der Waals surface area contributed by atoms with Crippen molar-refractivity contribution in [3.63, 3.8) is 0 Å². The van der Waals surface area contributed by atoms with Gasteiger partial charge in [-0.2, -0.15) is 4.31 Å². The first-order chi connectivity index (χ1) is 12.0. The van der Waals surface area contributed by atoms with E-state index in [0.29, 0.717) is 26.2 Å². The zero-order valence-corrected chi connectivity index (χ0v) is 14.7. The largest absolute Gasteiger partial charge is 0.381 e. The molecule has 146 valence electrons. The second-order valence-corrected chi connectivity index (χ2v) is 8.52. The molecule has 1 aromatic rings. The quantitative estimate of drug-likeness (QED) is 0.588. The molecular weight excluding hydrogens is 358 g/mol. The van der Waals surface area contributed by atoms with E-state index in [0.717, 1.165) is 5.69 Å². The molecular formula is C17H27N3O5S. The fourth-order valence-electron chi connectivity index (χ4n) is 3.48. The summed E-state index contributed by atoms with van der Waals surface area (Å²) < 4.78 is 31.3. The third-order valence-electron chi connectivity index (χ3n) is 5.01. The van der Waals surface area contributed by atoms with Crippen molar-refractivity contribution in [2.24, 2.45) is 0 Å². The van der Waals surface area contributed by atoms with E-state index in [1.807, 2.05) is 30.3 Å². The molecule has 8 nitrogen and oxygen atoms in total. The number of benzene rings is 1. The molecule has 1 aromatic carbocycles. The summed E-state index contributed by atoms with van der Waals surface area (Å²) in [5.74, 6) is -0.874. The van der Waals surface area contributed by atoms with E-state index in [1.165, 1.54) is 4.31 Å². The Morgan fingerprint density at radius 2 is 1.65 bits per heavy atom. The van der Waals surface area contributed by atoms with Crippen LogP contribution in [0.15, 0.2) is 30.3 Å². The molecule has 2 aliphatic heterocycles. The molecule has 2 aliphatic rings. The normalized spacial score (nSPS) is 20.9. The Morgan fingerprint density at radius 1 is 1.08 bits per heavy atom. The first kappa shape index (κ1) is 20.6. The van der Waals surface area contributed by atoms with Crippen molar-refractivity contribution < 1.29 is 23.2 Å². The maximum absolute atomic E-state index is 13.2. The fraction of sp³-hybridized carbons (Fsp3) is 0.588. The van der Waals surface area contributed by atoms with Crippen molar-refractivity contribution in [2.75, 3.05) is 44.3 Å². The number of sulfonamides is 1. The summed E-state index contributed by atoms with van der Waals surface area (Å²) in [6.45, 7) is 2.07. The molecule has 0 aromatic heterocycles. The van der Waals surface area contributed by atoms with Crippen LogP contribution in [0.5, 0.6) is 0 Å². The van der Waals surface area contributed by atoms with Crippen LogP contribution in [-0.2, 0) is 19.6 Å². The summed E-state index contributed by atoms with van der Waals surface area (Å²) in [5.41, 5.74) is 2.59. The van der Waals surface area contributed by atoms with Crippen molar-refractivity contribution in [3.05, 3.63) is 30.3 Å². The van der Waals surface area contributed by atoms with Crippen molar-refractivity contribution in [1.29, 1.82) is 0 Å². The molecule has 0 aliphatic carbocycles. The van der Waals surface area contributed by atoms with Crippen LogP contribution < -0.4 is 10.4 Å². The highest BCUT2D eigenvalue weighted by molar-refractivity contribution is 7.91. The van der Waals surface area contributed by atoms with Gasteiger partial charge in [0.25, 0.3) is 5.91 Å². The Bertz CT molecular complexity index is 696. The number of carbonyl (C=O) groups is 1. The maximum atomic E-state index is 13.2. The van der Waals surface area contributed by atoms with Gasteiger partial charge in [-0.05, 0) is 12.1 Å². The van der Waals surface area contributed by atoms with Gasteiger partial charge in [0.1, 0.15) is 0 Å². The highest BCUT2D eigenvalue weighted by Gasteiger charge is 2.54. The van der Waals surface area contributed by atoms with Gasteiger partial charge in [0.15, 0.2) is 4.75 Å². The lowest BCUT2D eigenvalue weighted by atomic mass is 9.98. The summed E-state index contributed by atoms with van der Waals surface area (Å²) in [6.07, 6.45) is 0.0846. The molecule has 0 radical (unpaired) electrons. The van der Waals surface area contributed by atoms with Gasteiger partial charge < -0.3 is 9.64 Å². The first-order valence-corrected chi connectivity index (χ1v) is 9.77. The second kappa shape index (κ2) is 8.34. The van der Waals surface area contributed by atoms with Gasteiger partial charge in [-0.25, -0.2) is 13.9 Å². The fourth-order valence-corrected chi connectivity index (χ4v) is 5.58. The van der Waals surface area contributed by atoms with Crippen LogP contribution in [0.4, 0.5) is 5.69 Å². The van der Waals surface area contributed by atoms with E-state index in [1.54, 1.807) is 5.48 Å². The minimum absolute atomic E-state index is 0. The third-order valence-corrected chi connectivity index (χ3v) is 7.64. The van der Waals surface area contributed by atoms with Crippen LogP contribution in [0.2, 0.25) is 0 Å². The van der Waals surface area contributed by atoms with Crippen LogP contribution in [0.1, 0.15) is 20.3 Å². The molecule has 0 unspecified atom stereocenters. The molecule has 2 heterocycles. The van der Waals surface area contributed by atoms with Gasteiger partial charge in [-0.3, -0.25) is 10.0 Å². The molecule has 0 atom stereocenters. The van der Waals surface area contributed by atoms with Crippen LogP contribution in [0, 0.1) is 0 Å². The Morgan fingerprint density at radius 3 is 2.19 bits per heavy atom. The van der Waals surface area contributed by atoms with Crippen LogP contribution >= 0.6 is 0 Å². The molecule has 0 bridgehead atoms. The van der Waals surface area contributed by atoms with Gasteiger partial charge in [0.2, 0.25) is 10.0 Å². The molecule has 2 saturated heterocycles. The monoisotopic (exact) mass is 385 g/mol. The number of piperazine rings is 1. The zero-order chi connectivity index (χ0) is 17.9. The van der Waals surface area contributed by atoms with E-state index in [-0.39, 0.29) is 33.5 Å². The average Bonchev–Trinajstić information content (AvgIpc) is 2.68. The number of para-hydroxylation sites is 1. The van der Waals surface area contributed by atoms with Gasteiger partial charge in [0, 0.05) is 57.9 Å². The lowest BCUT2D eigenvalue weighted by Crippen LogP contribution is -2.62. The van der Waals surface area contributed by atoms with Crippen LogP contribution in [0.25, 0.3) is 0 Å². The third kappa shape index (κ3) is 3.57. The number of carbonyl (C=O) groups excluding carboxylic acids is 1. The summed E-state index contributed by atoms with van der Waals surface area (Å²) >= 11 is 0. The summed E-state index contributed by atoms with van der Waals surface area (Å²) in [5, 5.41) is 9.07. The second-order valence-electron chi connectivity index (χ2n) is 6.27. The van der Waals surface area contributed by atoms with E-state index in [9.17, 15) is 13.2 Å². The predicted octanol–water partition coefficient (Wildman–Crippen LogP) is 0.829. The number of amides is 1. The van der Waals surface area contributed by atoms with Gasteiger partial charge >= 0.3 is 0 Å². The molecule has 26 heavy (non-hydrogen) atoms. The SMILES string of the molecule is C.O=C(NO)C1(S(=O)(=O)N2CCN(c3ccccc3)CC2)CCOCC1. The van der Waals surface area contributed by atoms with Crippen molar-refractivity contribution >= 4 is 21.6 Å². The smallest absolute Gasteiger partial charge is 0.266 e. The Hall–Kier alpha value is -1.68. The summed E-state index contributed by atoms with van der Waals surface area (Å²) in [6, 6.07) is 9.81. The lowest BCUT2D eigenvalue weighted by molar-refractivity contribution is -0.134. The molecule has 0 spiro atoms. The number of hydrogen-bond acceptors (Lipinski definition) is 6. The van der Waals surface area contributed by atoms with E-state index in [2.05, 4.69) is 4.90 Å².